The predicted molar refractivity (Wildman–Crippen MR) is 54.7 cm³/mol. The number of hydrogen-bond donors (Lipinski definition) is 0. The van der Waals surface area contributed by atoms with E-state index in [0.29, 0.717) is 0 Å². The molecule has 0 N–H and O–H groups in total. The third kappa shape index (κ3) is 2.03. The molecule has 0 amide bonds. The highest BCUT2D eigenvalue weighted by molar-refractivity contribution is 14.1. The molecule has 0 saturated carbocycles. The van der Waals surface area contributed by atoms with Gasteiger partial charge in [0.2, 0.25) is 0 Å². The molecule has 48 valence electrons. The molecule has 0 aromatic carbocycles. The Labute approximate surface area is 81.5 Å². The number of aromatic nitrogens is 1. The Morgan fingerprint density at radius 3 is 2.78 bits per heavy atom. The van der Waals surface area contributed by atoms with Crippen molar-refractivity contribution in [2.24, 2.45) is 0 Å². The molecule has 0 bridgehead atoms. The van der Waals surface area contributed by atoms with Gasteiger partial charge in [0.15, 0.2) is 0 Å². The van der Waals surface area contributed by atoms with Gasteiger partial charge in [-0.15, -0.1) is 0 Å². The second kappa shape index (κ2) is 3.70. The molecule has 9 heavy (non-hydrogen) atoms. The van der Waals surface area contributed by atoms with E-state index in [1.165, 1.54) is 9.26 Å². The topological polar surface area (TPSA) is 12.9 Å². The van der Waals surface area contributed by atoms with E-state index in [9.17, 15) is 0 Å². The van der Waals surface area contributed by atoms with Crippen LogP contribution < -0.4 is 0 Å². The monoisotopic (exact) mass is 345 g/mol. The van der Waals surface area contributed by atoms with Crippen molar-refractivity contribution >= 4 is 45.2 Å². The van der Waals surface area contributed by atoms with Crippen LogP contribution in [-0.4, -0.2) is 4.98 Å². The normalized spacial score (nSPS) is 9.56. The molecule has 1 heterocycles. The van der Waals surface area contributed by atoms with Gasteiger partial charge in [0, 0.05) is 14.2 Å². The molecule has 0 saturated heterocycles. The number of pyridine rings is 1. The molecule has 0 radical (unpaired) electrons. The first-order valence-electron chi connectivity index (χ1n) is 2.50. The maximum absolute atomic E-state index is 4.18. The zero-order chi connectivity index (χ0) is 6.69. The largest absolute Gasteiger partial charge is 0.259 e. The lowest BCUT2D eigenvalue weighted by atomic mass is 10.4. The van der Waals surface area contributed by atoms with Gasteiger partial charge in [-0.2, -0.15) is 0 Å². The van der Waals surface area contributed by atoms with E-state index in [-0.39, 0.29) is 0 Å². The van der Waals surface area contributed by atoms with Gasteiger partial charge in [-0.3, -0.25) is 4.98 Å². The first-order valence-corrected chi connectivity index (χ1v) is 5.10. The van der Waals surface area contributed by atoms with Crippen molar-refractivity contribution in [1.29, 1.82) is 0 Å². The minimum Gasteiger partial charge on any atom is -0.259 e. The van der Waals surface area contributed by atoms with Crippen molar-refractivity contribution in [1.82, 2.24) is 4.98 Å². The van der Waals surface area contributed by atoms with Crippen LogP contribution in [0.2, 0.25) is 0 Å². The maximum atomic E-state index is 4.18. The standard InChI is InChI=1S/C6H5I2N/c7-4-6-5(8)2-1-3-9-6/h1-3H,4H2. The summed E-state index contributed by atoms with van der Waals surface area (Å²) in [6.07, 6.45) is 1.83. The van der Waals surface area contributed by atoms with Gasteiger partial charge in [-0.1, -0.05) is 22.6 Å². The third-order valence-electron chi connectivity index (χ3n) is 0.961. The van der Waals surface area contributed by atoms with E-state index >= 15 is 0 Å². The van der Waals surface area contributed by atoms with E-state index < -0.39 is 0 Å². The maximum Gasteiger partial charge on any atom is 0.0634 e. The molecule has 1 nitrogen and oxygen atoms in total. The highest BCUT2D eigenvalue weighted by atomic mass is 127. The van der Waals surface area contributed by atoms with Gasteiger partial charge in [-0.05, 0) is 34.7 Å². The summed E-state index contributed by atoms with van der Waals surface area (Å²) in [5.74, 6) is 0. The molecule has 0 aliphatic heterocycles. The second-order valence-corrected chi connectivity index (χ2v) is 3.49. The van der Waals surface area contributed by atoms with E-state index in [4.69, 9.17) is 0 Å². The molecule has 1 rings (SSSR count). The van der Waals surface area contributed by atoms with Gasteiger partial charge in [0.25, 0.3) is 0 Å². The first-order chi connectivity index (χ1) is 4.34. The molecule has 0 atom stereocenters. The van der Waals surface area contributed by atoms with Gasteiger partial charge < -0.3 is 0 Å². The predicted octanol–water partition coefficient (Wildman–Crippen LogP) is 2.62. The van der Waals surface area contributed by atoms with Crippen molar-refractivity contribution in [3.05, 3.63) is 27.6 Å². The van der Waals surface area contributed by atoms with Crippen LogP contribution in [0.3, 0.4) is 0 Å². The van der Waals surface area contributed by atoms with Crippen molar-refractivity contribution < 1.29 is 0 Å². The van der Waals surface area contributed by atoms with Crippen molar-refractivity contribution in [2.75, 3.05) is 0 Å². The summed E-state index contributed by atoms with van der Waals surface area (Å²) in [7, 11) is 0. The van der Waals surface area contributed by atoms with Crippen LogP contribution in [0, 0.1) is 3.57 Å². The lowest BCUT2D eigenvalue weighted by Crippen LogP contribution is -1.86. The molecule has 0 fully saturated rings. The average Bonchev–Trinajstić information content (AvgIpc) is 1.89. The van der Waals surface area contributed by atoms with E-state index in [2.05, 4.69) is 56.2 Å². The molecular weight excluding hydrogens is 340 g/mol. The quantitative estimate of drug-likeness (QED) is 0.564. The Morgan fingerprint density at radius 1 is 1.56 bits per heavy atom. The van der Waals surface area contributed by atoms with E-state index in [1.807, 2.05) is 12.3 Å². The lowest BCUT2D eigenvalue weighted by molar-refractivity contribution is 1.17. The minimum absolute atomic E-state index is 0.997. The van der Waals surface area contributed by atoms with Gasteiger partial charge in [-0.25, -0.2) is 0 Å². The van der Waals surface area contributed by atoms with Crippen LogP contribution in [0.25, 0.3) is 0 Å². The fraction of sp³-hybridized carbons (Fsp3) is 0.167. The third-order valence-corrected chi connectivity index (χ3v) is 2.67. The zero-order valence-electron chi connectivity index (χ0n) is 4.64. The number of nitrogens with zero attached hydrogens (tertiary/aromatic N) is 1. The molecular formula is C6H5I2N. The van der Waals surface area contributed by atoms with Crippen molar-refractivity contribution in [2.45, 2.75) is 4.43 Å². The summed E-state index contributed by atoms with van der Waals surface area (Å²) in [5, 5.41) is 0. The van der Waals surface area contributed by atoms with Crippen molar-refractivity contribution in [3.8, 4) is 0 Å². The van der Waals surface area contributed by atoms with Crippen molar-refractivity contribution in [3.63, 3.8) is 0 Å². The summed E-state index contributed by atoms with van der Waals surface area (Å²) in [5.41, 5.74) is 1.18. The van der Waals surface area contributed by atoms with E-state index in [0.717, 1.165) is 4.43 Å². The molecule has 1 aromatic rings. The highest BCUT2D eigenvalue weighted by Crippen LogP contribution is 2.11. The fourth-order valence-electron chi connectivity index (χ4n) is 0.517. The van der Waals surface area contributed by atoms with Gasteiger partial charge >= 0.3 is 0 Å². The Morgan fingerprint density at radius 2 is 2.33 bits per heavy atom. The fourth-order valence-corrected chi connectivity index (χ4v) is 2.39. The smallest absolute Gasteiger partial charge is 0.0634 e. The van der Waals surface area contributed by atoms with Crippen LogP contribution >= 0.6 is 45.2 Å². The summed E-state index contributed by atoms with van der Waals surface area (Å²) < 4.78 is 2.25. The van der Waals surface area contributed by atoms with Gasteiger partial charge in [0.05, 0.1) is 5.69 Å². The SMILES string of the molecule is ICc1ncccc1I. The van der Waals surface area contributed by atoms with Crippen LogP contribution in [-0.2, 0) is 4.43 Å². The number of hydrogen-bond acceptors (Lipinski definition) is 1. The first kappa shape index (κ1) is 7.71. The van der Waals surface area contributed by atoms with Crippen LogP contribution in [0.15, 0.2) is 18.3 Å². The Balaban J connectivity index is 3.01. The zero-order valence-corrected chi connectivity index (χ0v) is 8.96. The summed E-state index contributed by atoms with van der Waals surface area (Å²) in [6.45, 7) is 0. The van der Waals surface area contributed by atoms with Crippen LogP contribution in [0.1, 0.15) is 5.69 Å². The summed E-state index contributed by atoms with van der Waals surface area (Å²) in [4.78, 5) is 4.18. The number of alkyl halides is 1. The molecule has 3 heteroatoms. The molecule has 0 aliphatic carbocycles. The average molecular weight is 345 g/mol. The molecule has 0 spiro atoms. The second-order valence-electron chi connectivity index (χ2n) is 1.57. The van der Waals surface area contributed by atoms with E-state index in [1.54, 1.807) is 0 Å². The summed E-state index contributed by atoms with van der Waals surface area (Å²) in [6, 6.07) is 4.03. The molecule has 1 aromatic heterocycles. The lowest BCUT2D eigenvalue weighted by Gasteiger charge is -1.94. The van der Waals surface area contributed by atoms with Crippen LogP contribution in [0.4, 0.5) is 0 Å². The number of halogens is 2. The minimum atomic E-state index is 0.997. The highest BCUT2D eigenvalue weighted by Gasteiger charge is 1.94. The van der Waals surface area contributed by atoms with Crippen LogP contribution in [0.5, 0.6) is 0 Å². The Bertz CT molecular complexity index is 200. The Hall–Kier alpha value is 0.610. The Kier molecular flexibility index (Phi) is 3.17. The number of rotatable bonds is 1. The molecule has 0 aliphatic rings. The molecule has 0 unspecified atom stereocenters. The summed E-state index contributed by atoms with van der Waals surface area (Å²) >= 11 is 4.60. The van der Waals surface area contributed by atoms with Gasteiger partial charge in [0.1, 0.15) is 0 Å².